The van der Waals surface area contributed by atoms with Crippen LogP contribution in [0.1, 0.15) is 15.9 Å². The number of carbonyl (C=O) groups is 2. The van der Waals surface area contributed by atoms with E-state index >= 15 is 0 Å². The van der Waals surface area contributed by atoms with Gasteiger partial charge in [0.1, 0.15) is 5.75 Å². The Morgan fingerprint density at radius 1 is 1.00 bits per heavy atom. The smallest absolute Gasteiger partial charge is 0.276 e. The van der Waals surface area contributed by atoms with E-state index < -0.39 is 11.8 Å². The fourth-order valence-electron chi connectivity index (χ4n) is 1.80. The van der Waals surface area contributed by atoms with Gasteiger partial charge in [0.15, 0.2) is 6.61 Å². The van der Waals surface area contributed by atoms with Gasteiger partial charge in [-0.25, -0.2) is 0 Å². The number of halogens is 3. The lowest BCUT2D eigenvalue weighted by Gasteiger charge is -2.11. The lowest BCUT2D eigenvalue weighted by Crippen LogP contribution is -2.44. The third-order valence-electron chi connectivity index (χ3n) is 3.00. The van der Waals surface area contributed by atoms with Gasteiger partial charge in [0.05, 0.1) is 15.6 Å². The number of aryl methyl sites for hydroxylation is 1. The fourth-order valence-corrected chi connectivity index (χ4v) is 2.48. The third kappa shape index (κ3) is 4.77. The molecule has 2 rings (SSSR count). The number of benzene rings is 2. The van der Waals surface area contributed by atoms with Crippen LogP contribution in [0.2, 0.25) is 15.1 Å². The van der Waals surface area contributed by atoms with Crippen LogP contribution in [-0.4, -0.2) is 18.4 Å². The van der Waals surface area contributed by atoms with Gasteiger partial charge in [-0.3, -0.25) is 20.4 Å². The van der Waals surface area contributed by atoms with Crippen LogP contribution in [0.15, 0.2) is 36.4 Å². The Hall–Kier alpha value is -1.95. The predicted octanol–water partition coefficient (Wildman–Crippen LogP) is 3.80. The number of carbonyl (C=O) groups excluding carboxylic acids is 2. The molecule has 0 aromatic heterocycles. The van der Waals surface area contributed by atoms with Crippen molar-refractivity contribution in [1.29, 1.82) is 0 Å². The zero-order valence-electron chi connectivity index (χ0n) is 12.5. The van der Waals surface area contributed by atoms with E-state index in [2.05, 4.69) is 10.9 Å². The molecule has 0 atom stereocenters. The Bertz CT molecular complexity index is 761. The molecule has 0 aliphatic rings. The Morgan fingerprint density at radius 2 is 1.67 bits per heavy atom. The number of hydrogen-bond acceptors (Lipinski definition) is 3. The third-order valence-corrected chi connectivity index (χ3v) is 4.06. The lowest BCUT2D eigenvalue weighted by atomic mass is 10.2. The number of hydrazine groups is 1. The number of rotatable bonds is 4. The van der Waals surface area contributed by atoms with Gasteiger partial charge < -0.3 is 4.74 Å². The molecule has 24 heavy (non-hydrogen) atoms. The molecule has 5 nitrogen and oxygen atoms in total. The van der Waals surface area contributed by atoms with Crippen LogP contribution >= 0.6 is 34.8 Å². The minimum atomic E-state index is -0.624. The summed E-state index contributed by atoms with van der Waals surface area (Å²) in [5, 5.41) is 0.972. The summed E-state index contributed by atoms with van der Waals surface area (Å²) in [6, 6.07) is 9.68. The average molecular weight is 388 g/mol. The molecule has 0 heterocycles. The monoisotopic (exact) mass is 386 g/mol. The Kier molecular flexibility index (Phi) is 6.31. The van der Waals surface area contributed by atoms with Crippen LogP contribution < -0.4 is 15.6 Å². The van der Waals surface area contributed by atoms with Crippen molar-refractivity contribution >= 4 is 46.6 Å². The largest absolute Gasteiger partial charge is 0.484 e. The normalized spacial score (nSPS) is 10.2. The van der Waals surface area contributed by atoms with Gasteiger partial charge in [-0.15, -0.1) is 0 Å². The molecule has 126 valence electrons. The first-order chi connectivity index (χ1) is 11.4. The van der Waals surface area contributed by atoms with E-state index in [9.17, 15) is 9.59 Å². The quantitative estimate of drug-likeness (QED) is 0.784. The molecule has 0 fully saturated rings. The first kappa shape index (κ1) is 18.4. The van der Waals surface area contributed by atoms with Crippen molar-refractivity contribution in [2.45, 2.75) is 6.92 Å². The van der Waals surface area contributed by atoms with E-state index in [1.807, 2.05) is 6.92 Å². The summed E-state index contributed by atoms with van der Waals surface area (Å²) in [6.45, 7) is 1.54. The maximum atomic E-state index is 12.0. The zero-order valence-corrected chi connectivity index (χ0v) is 14.8. The molecule has 0 unspecified atom stereocenters. The summed E-state index contributed by atoms with van der Waals surface area (Å²) < 4.78 is 5.31. The molecule has 0 bridgehead atoms. The van der Waals surface area contributed by atoms with Crippen LogP contribution in [0.25, 0.3) is 0 Å². The minimum absolute atomic E-state index is 0.0791. The summed E-state index contributed by atoms with van der Waals surface area (Å²) in [5.41, 5.74) is 5.36. The van der Waals surface area contributed by atoms with Crippen LogP contribution in [0.5, 0.6) is 5.75 Å². The van der Waals surface area contributed by atoms with Gasteiger partial charge in [0.2, 0.25) is 0 Å². The van der Waals surface area contributed by atoms with Gasteiger partial charge in [-0.05, 0) is 42.8 Å². The highest BCUT2D eigenvalue weighted by Gasteiger charge is 2.15. The molecular weight excluding hydrogens is 375 g/mol. The van der Waals surface area contributed by atoms with Crippen molar-refractivity contribution in [3.05, 3.63) is 62.6 Å². The zero-order chi connectivity index (χ0) is 17.7. The molecule has 0 radical (unpaired) electrons. The average Bonchev–Trinajstić information content (AvgIpc) is 2.54. The van der Waals surface area contributed by atoms with Crippen LogP contribution in [0.4, 0.5) is 0 Å². The van der Waals surface area contributed by atoms with E-state index in [1.165, 1.54) is 12.1 Å². The summed E-state index contributed by atoms with van der Waals surface area (Å²) in [4.78, 5) is 23.7. The Labute approximate surface area is 153 Å². The van der Waals surface area contributed by atoms with Gasteiger partial charge in [0, 0.05) is 5.02 Å². The van der Waals surface area contributed by atoms with Crippen LogP contribution in [0.3, 0.4) is 0 Å². The summed E-state index contributed by atoms with van der Waals surface area (Å²) >= 11 is 17.7. The van der Waals surface area contributed by atoms with Gasteiger partial charge in [0.25, 0.3) is 11.8 Å². The molecule has 0 aliphatic heterocycles. The Balaban J connectivity index is 1.87. The second-order valence-electron chi connectivity index (χ2n) is 4.80. The van der Waals surface area contributed by atoms with Crippen molar-refractivity contribution in [2.75, 3.05) is 6.61 Å². The lowest BCUT2D eigenvalue weighted by molar-refractivity contribution is -0.123. The van der Waals surface area contributed by atoms with E-state index in [0.717, 1.165) is 5.56 Å². The molecule has 2 N–H and O–H groups in total. The molecule has 2 aromatic carbocycles. The highest BCUT2D eigenvalue weighted by molar-refractivity contribution is 6.39. The SMILES string of the molecule is Cc1cc(OCC(=O)NNC(=O)c2c(Cl)cccc2Cl)ccc1Cl. The van der Waals surface area contributed by atoms with E-state index in [1.54, 1.807) is 24.3 Å². The highest BCUT2D eigenvalue weighted by atomic mass is 35.5. The topological polar surface area (TPSA) is 67.4 Å². The van der Waals surface area contributed by atoms with Crippen LogP contribution in [0, 0.1) is 6.92 Å². The maximum Gasteiger partial charge on any atom is 0.276 e. The molecule has 0 aliphatic carbocycles. The van der Waals surface area contributed by atoms with Crippen LogP contribution in [-0.2, 0) is 4.79 Å². The van der Waals surface area contributed by atoms with E-state index in [0.29, 0.717) is 10.8 Å². The van der Waals surface area contributed by atoms with Crippen molar-refractivity contribution in [3.8, 4) is 5.75 Å². The van der Waals surface area contributed by atoms with Crippen molar-refractivity contribution in [2.24, 2.45) is 0 Å². The fraction of sp³-hybridized carbons (Fsp3) is 0.125. The molecule has 0 spiro atoms. The molecule has 8 heteroatoms. The van der Waals surface area contributed by atoms with Gasteiger partial charge >= 0.3 is 0 Å². The van der Waals surface area contributed by atoms with E-state index in [4.69, 9.17) is 39.5 Å². The molecular formula is C16H13Cl3N2O3. The molecule has 0 saturated heterocycles. The summed E-state index contributed by atoms with van der Waals surface area (Å²) in [6.07, 6.45) is 0. The molecule has 2 aromatic rings. The molecule has 2 amide bonds. The summed E-state index contributed by atoms with van der Waals surface area (Å²) in [7, 11) is 0. The first-order valence-corrected chi connectivity index (χ1v) is 7.94. The summed E-state index contributed by atoms with van der Waals surface area (Å²) in [5.74, 6) is -0.673. The Morgan fingerprint density at radius 3 is 2.29 bits per heavy atom. The van der Waals surface area contributed by atoms with Crippen molar-refractivity contribution in [1.82, 2.24) is 10.9 Å². The first-order valence-electron chi connectivity index (χ1n) is 6.80. The highest BCUT2D eigenvalue weighted by Crippen LogP contribution is 2.23. The van der Waals surface area contributed by atoms with Gasteiger partial charge in [-0.2, -0.15) is 0 Å². The standard InChI is InChI=1S/C16H13Cl3N2O3/c1-9-7-10(5-6-11(9)17)24-8-14(22)20-21-16(23)15-12(18)3-2-4-13(15)19/h2-7H,8H2,1H3,(H,20,22)(H,21,23). The molecule has 0 saturated carbocycles. The van der Waals surface area contributed by atoms with Gasteiger partial charge in [-0.1, -0.05) is 40.9 Å². The van der Waals surface area contributed by atoms with E-state index in [-0.39, 0.29) is 22.2 Å². The predicted molar refractivity (Wildman–Crippen MR) is 93.8 cm³/mol. The second kappa shape index (κ2) is 8.24. The number of nitrogens with one attached hydrogen (secondary N) is 2. The second-order valence-corrected chi connectivity index (χ2v) is 6.02. The van der Waals surface area contributed by atoms with Crippen molar-refractivity contribution in [3.63, 3.8) is 0 Å². The minimum Gasteiger partial charge on any atom is -0.484 e. The number of ether oxygens (including phenoxy) is 1. The number of hydrogen-bond donors (Lipinski definition) is 2. The van der Waals surface area contributed by atoms with Crippen molar-refractivity contribution < 1.29 is 14.3 Å². The number of amides is 2. The maximum absolute atomic E-state index is 12.0.